The standard InChI is InChI=1S/C23H31ClN4O3.HI/c1-4-25-23(27-12-11-26-22(29)19-7-5-6-8-20(19)24)28-16-18-10-9-17(2)15-21(18)31-14-13-30-3;/h5-10,15H,4,11-14,16H2,1-3H3,(H,26,29)(H2,25,27,28);1H. The van der Waals surface area contributed by atoms with Crippen LogP contribution in [0.4, 0.5) is 0 Å². The van der Waals surface area contributed by atoms with Crippen molar-refractivity contribution in [1.29, 1.82) is 0 Å². The van der Waals surface area contributed by atoms with E-state index >= 15 is 0 Å². The molecule has 0 bridgehead atoms. The molecule has 3 N–H and O–H groups in total. The van der Waals surface area contributed by atoms with Crippen molar-refractivity contribution in [1.82, 2.24) is 16.0 Å². The van der Waals surface area contributed by atoms with Gasteiger partial charge >= 0.3 is 0 Å². The monoisotopic (exact) mass is 574 g/mol. The van der Waals surface area contributed by atoms with Crippen molar-refractivity contribution >= 4 is 47.4 Å². The van der Waals surface area contributed by atoms with Gasteiger partial charge in [0.25, 0.3) is 5.91 Å². The van der Waals surface area contributed by atoms with Gasteiger partial charge in [-0.05, 0) is 37.6 Å². The number of hydrogen-bond acceptors (Lipinski definition) is 4. The van der Waals surface area contributed by atoms with Gasteiger partial charge < -0.3 is 25.4 Å². The van der Waals surface area contributed by atoms with E-state index in [0.717, 1.165) is 23.4 Å². The summed E-state index contributed by atoms with van der Waals surface area (Å²) in [6.45, 7) is 7.19. The summed E-state index contributed by atoms with van der Waals surface area (Å²) in [6, 6.07) is 13.0. The first-order chi connectivity index (χ1) is 15.0. The number of carbonyl (C=O) groups is 1. The van der Waals surface area contributed by atoms with Crippen LogP contribution in [0.25, 0.3) is 0 Å². The van der Waals surface area contributed by atoms with Gasteiger partial charge in [0.15, 0.2) is 5.96 Å². The zero-order valence-corrected chi connectivity index (χ0v) is 21.8. The van der Waals surface area contributed by atoms with Gasteiger partial charge in [-0.25, -0.2) is 4.99 Å². The maximum atomic E-state index is 12.2. The van der Waals surface area contributed by atoms with Gasteiger partial charge in [0.2, 0.25) is 0 Å². The minimum Gasteiger partial charge on any atom is -0.491 e. The highest BCUT2D eigenvalue weighted by Crippen LogP contribution is 2.21. The topological polar surface area (TPSA) is 84.0 Å². The van der Waals surface area contributed by atoms with Gasteiger partial charge in [0.1, 0.15) is 12.4 Å². The molecule has 1 amide bonds. The molecule has 0 saturated heterocycles. The number of aryl methyl sites for hydroxylation is 1. The fourth-order valence-electron chi connectivity index (χ4n) is 2.77. The predicted molar refractivity (Wildman–Crippen MR) is 141 cm³/mol. The maximum Gasteiger partial charge on any atom is 0.252 e. The van der Waals surface area contributed by atoms with Crippen LogP contribution >= 0.6 is 35.6 Å². The lowest BCUT2D eigenvalue weighted by Crippen LogP contribution is -2.41. The van der Waals surface area contributed by atoms with Crippen LogP contribution in [0.1, 0.15) is 28.4 Å². The number of aliphatic imine (C=N–C) groups is 1. The van der Waals surface area contributed by atoms with E-state index in [9.17, 15) is 4.79 Å². The first-order valence-electron chi connectivity index (χ1n) is 10.3. The van der Waals surface area contributed by atoms with Gasteiger partial charge in [-0.15, -0.1) is 24.0 Å². The number of methoxy groups -OCH3 is 1. The van der Waals surface area contributed by atoms with Crippen molar-refractivity contribution in [3.8, 4) is 5.75 Å². The first kappa shape index (κ1) is 28.0. The number of halogens is 2. The van der Waals surface area contributed by atoms with Crippen LogP contribution in [-0.2, 0) is 11.3 Å². The van der Waals surface area contributed by atoms with E-state index in [1.54, 1.807) is 31.4 Å². The quantitative estimate of drug-likeness (QED) is 0.165. The fourth-order valence-corrected chi connectivity index (χ4v) is 2.99. The van der Waals surface area contributed by atoms with Crippen molar-refractivity contribution in [2.45, 2.75) is 20.4 Å². The minimum absolute atomic E-state index is 0. The molecule has 0 unspecified atom stereocenters. The molecule has 0 aromatic heterocycles. The lowest BCUT2D eigenvalue weighted by molar-refractivity contribution is 0.0954. The lowest BCUT2D eigenvalue weighted by atomic mass is 10.1. The van der Waals surface area contributed by atoms with Gasteiger partial charge in [0.05, 0.1) is 23.7 Å². The predicted octanol–water partition coefficient (Wildman–Crippen LogP) is 3.78. The molecular weight excluding hydrogens is 543 g/mol. The average Bonchev–Trinajstić information content (AvgIpc) is 2.76. The molecule has 0 aliphatic heterocycles. The molecule has 0 atom stereocenters. The second kappa shape index (κ2) is 15.7. The number of nitrogens with zero attached hydrogens (tertiary/aromatic N) is 1. The molecule has 32 heavy (non-hydrogen) atoms. The number of amides is 1. The first-order valence-corrected chi connectivity index (χ1v) is 10.7. The van der Waals surface area contributed by atoms with E-state index in [1.165, 1.54) is 0 Å². The van der Waals surface area contributed by atoms with Crippen molar-refractivity contribution in [2.24, 2.45) is 4.99 Å². The fraction of sp³-hybridized carbons (Fsp3) is 0.391. The van der Waals surface area contributed by atoms with Crippen molar-refractivity contribution < 1.29 is 14.3 Å². The Kier molecular flexibility index (Phi) is 13.7. The van der Waals surface area contributed by atoms with E-state index in [4.69, 9.17) is 21.1 Å². The number of hydrogen-bond donors (Lipinski definition) is 3. The minimum atomic E-state index is -0.202. The molecule has 2 aromatic carbocycles. The highest BCUT2D eigenvalue weighted by molar-refractivity contribution is 14.0. The van der Waals surface area contributed by atoms with Crippen LogP contribution in [0, 0.1) is 6.92 Å². The Labute approximate surface area is 212 Å². The number of carbonyl (C=O) groups excluding carboxylic acids is 1. The van der Waals surface area contributed by atoms with Gasteiger partial charge in [0, 0.05) is 32.3 Å². The number of nitrogens with one attached hydrogen (secondary N) is 3. The number of guanidine groups is 1. The largest absolute Gasteiger partial charge is 0.491 e. The molecule has 9 heteroatoms. The Morgan fingerprint density at radius 2 is 1.81 bits per heavy atom. The molecule has 0 heterocycles. The number of benzene rings is 2. The van der Waals surface area contributed by atoms with Crippen molar-refractivity contribution in [3.05, 3.63) is 64.2 Å². The molecule has 0 aliphatic carbocycles. The van der Waals surface area contributed by atoms with Gasteiger partial charge in [-0.2, -0.15) is 0 Å². The van der Waals surface area contributed by atoms with E-state index < -0.39 is 0 Å². The second-order valence-electron chi connectivity index (χ2n) is 6.81. The zero-order valence-electron chi connectivity index (χ0n) is 18.7. The number of ether oxygens (including phenoxy) is 2. The second-order valence-corrected chi connectivity index (χ2v) is 7.22. The van der Waals surface area contributed by atoms with Crippen LogP contribution < -0.4 is 20.7 Å². The molecule has 0 spiro atoms. The van der Waals surface area contributed by atoms with Crippen molar-refractivity contribution in [3.63, 3.8) is 0 Å². The Morgan fingerprint density at radius 1 is 1.06 bits per heavy atom. The third-order valence-electron chi connectivity index (χ3n) is 4.34. The van der Waals surface area contributed by atoms with E-state index in [1.807, 2.05) is 32.0 Å². The Bertz CT molecular complexity index is 880. The molecular formula is C23H32ClIN4O3. The van der Waals surface area contributed by atoms with Crippen LogP contribution in [0.5, 0.6) is 5.75 Å². The zero-order chi connectivity index (χ0) is 22.5. The van der Waals surface area contributed by atoms with Crippen LogP contribution in [0.3, 0.4) is 0 Å². The van der Waals surface area contributed by atoms with Crippen LogP contribution in [0.2, 0.25) is 5.02 Å². The summed E-state index contributed by atoms with van der Waals surface area (Å²) in [6.07, 6.45) is 0. The maximum absolute atomic E-state index is 12.2. The summed E-state index contributed by atoms with van der Waals surface area (Å²) in [5.74, 6) is 1.27. The Morgan fingerprint density at radius 3 is 2.53 bits per heavy atom. The summed E-state index contributed by atoms with van der Waals surface area (Å²) >= 11 is 6.06. The summed E-state index contributed by atoms with van der Waals surface area (Å²) < 4.78 is 10.9. The molecule has 0 fully saturated rings. The molecule has 0 aliphatic rings. The summed E-state index contributed by atoms with van der Waals surface area (Å²) in [7, 11) is 1.65. The molecule has 2 rings (SSSR count). The van der Waals surface area contributed by atoms with Gasteiger partial charge in [-0.1, -0.05) is 35.9 Å². The average molecular weight is 575 g/mol. The van der Waals surface area contributed by atoms with E-state index in [-0.39, 0.29) is 29.9 Å². The van der Waals surface area contributed by atoms with Crippen molar-refractivity contribution in [2.75, 3.05) is 40.0 Å². The highest BCUT2D eigenvalue weighted by atomic mass is 127. The molecule has 176 valence electrons. The molecule has 0 saturated carbocycles. The summed E-state index contributed by atoms with van der Waals surface area (Å²) in [4.78, 5) is 16.9. The Balaban J connectivity index is 0.00000512. The lowest BCUT2D eigenvalue weighted by Gasteiger charge is -2.14. The number of rotatable bonds is 11. The summed E-state index contributed by atoms with van der Waals surface area (Å²) in [5, 5.41) is 9.72. The van der Waals surface area contributed by atoms with Crippen LogP contribution in [-0.4, -0.2) is 51.8 Å². The van der Waals surface area contributed by atoms with Gasteiger partial charge in [-0.3, -0.25) is 4.79 Å². The van der Waals surface area contributed by atoms with E-state index in [2.05, 4.69) is 20.9 Å². The third kappa shape index (κ3) is 9.62. The molecule has 0 radical (unpaired) electrons. The normalized spacial score (nSPS) is 10.8. The highest BCUT2D eigenvalue weighted by Gasteiger charge is 2.09. The summed E-state index contributed by atoms with van der Waals surface area (Å²) in [5.41, 5.74) is 2.58. The molecule has 2 aromatic rings. The third-order valence-corrected chi connectivity index (χ3v) is 4.67. The van der Waals surface area contributed by atoms with Crippen LogP contribution in [0.15, 0.2) is 47.5 Å². The molecule has 7 nitrogen and oxygen atoms in total. The smallest absolute Gasteiger partial charge is 0.252 e. The van der Waals surface area contributed by atoms with E-state index in [0.29, 0.717) is 49.4 Å². The Hall–Kier alpha value is -2.04. The SMILES string of the molecule is CCNC(=NCc1ccc(C)cc1OCCOC)NCCNC(=O)c1ccccc1Cl.I.